The van der Waals surface area contributed by atoms with Crippen LogP contribution in [0.1, 0.15) is 85.9 Å². The second kappa shape index (κ2) is 15.8. The Bertz CT molecular complexity index is 1460. The first-order valence-electron chi connectivity index (χ1n) is 14.3. The van der Waals surface area contributed by atoms with Crippen LogP contribution in [0.4, 0.5) is 4.39 Å². The van der Waals surface area contributed by atoms with E-state index in [1.807, 2.05) is 3.71 Å². The fraction of sp³-hybridized carbons (Fsp3) is 0.368. The third-order valence-electron chi connectivity index (χ3n) is 7.40. The normalized spacial score (nSPS) is 14.6. The van der Waals surface area contributed by atoms with Crippen LogP contribution in [0.2, 0.25) is 0 Å². The Kier molecular flexibility index (Phi) is 14.4. The first-order chi connectivity index (χ1) is 18.6. The number of fused-ring (bicyclic) bond motifs is 3. The largest absolute Gasteiger partial charge is 1.00 e. The first-order valence-corrected chi connectivity index (χ1v) is 15.7. The molecule has 4 aromatic carbocycles. The molecule has 1 atom stereocenters. The average molecular weight is 683 g/mol. The first kappa shape index (κ1) is 38.3. The van der Waals surface area contributed by atoms with Crippen LogP contribution >= 0.6 is 0 Å². The van der Waals surface area contributed by atoms with E-state index < -0.39 is 0 Å². The summed E-state index contributed by atoms with van der Waals surface area (Å²) in [5.74, 6) is 1.03. The summed E-state index contributed by atoms with van der Waals surface area (Å²) in [5, 5.41) is 5.48. The minimum absolute atomic E-state index is 0. The van der Waals surface area contributed by atoms with Crippen LogP contribution in [0, 0.1) is 23.7 Å². The van der Waals surface area contributed by atoms with Crippen LogP contribution in [0.5, 0.6) is 0 Å². The van der Waals surface area contributed by atoms with Crippen molar-refractivity contribution in [3.8, 4) is 0 Å². The van der Waals surface area contributed by atoms with E-state index in [-0.39, 0.29) is 41.5 Å². The molecule has 42 heavy (non-hydrogen) atoms. The quantitative estimate of drug-likeness (QED) is 0.267. The summed E-state index contributed by atoms with van der Waals surface area (Å²) in [6.45, 7) is 22.4. The molecule has 0 radical (unpaired) electrons. The van der Waals surface area contributed by atoms with Gasteiger partial charge in [0.05, 0.1) is 0 Å². The molecule has 5 rings (SSSR count). The molecule has 1 aliphatic rings. The molecule has 1 aliphatic carbocycles. The predicted octanol–water partition coefficient (Wildman–Crippen LogP) is 4.81. The number of allylic oxidation sites excluding steroid dienone is 4. The van der Waals surface area contributed by atoms with Crippen LogP contribution in [-0.2, 0) is 35.1 Å². The summed E-state index contributed by atoms with van der Waals surface area (Å²) in [6, 6.07) is 22.6. The molecule has 0 heterocycles. The van der Waals surface area contributed by atoms with Gasteiger partial charge in [-0.25, -0.2) is 5.57 Å². The van der Waals surface area contributed by atoms with Crippen LogP contribution in [0.15, 0.2) is 84.0 Å². The van der Waals surface area contributed by atoms with Crippen molar-refractivity contribution in [1.29, 1.82) is 0 Å². The number of rotatable bonds is 2. The Balaban J connectivity index is 0.000000353. The van der Waals surface area contributed by atoms with E-state index in [0.29, 0.717) is 11.8 Å². The smallest absolute Gasteiger partial charge is 1.00 e. The third kappa shape index (κ3) is 10.2. The molecular weight excluding hydrogens is 638 g/mol. The van der Waals surface area contributed by atoms with Crippen molar-refractivity contribution in [2.75, 3.05) is 0 Å². The molecule has 0 aromatic heterocycles. The zero-order chi connectivity index (χ0) is 29.8. The van der Waals surface area contributed by atoms with E-state index in [2.05, 4.69) is 124 Å². The minimum Gasteiger partial charge on any atom is -1.00 e. The number of benzene rings is 3. The Morgan fingerprint density at radius 2 is 1.26 bits per heavy atom. The molecule has 0 spiro atoms. The van der Waals surface area contributed by atoms with Gasteiger partial charge in [0.1, 0.15) is 0 Å². The van der Waals surface area contributed by atoms with Crippen molar-refractivity contribution in [1.82, 2.24) is 0 Å². The molecule has 4 heteroatoms. The van der Waals surface area contributed by atoms with Gasteiger partial charge in [0.15, 0.2) is 0 Å². The van der Waals surface area contributed by atoms with Gasteiger partial charge in [-0.3, -0.25) is 6.08 Å². The molecule has 1 unspecified atom stereocenters. The van der Waals surface area contributed by atoms with Gasteiger partial charge in [-0.1, -0.05) is 116 Å². The summed E-state index contributed by atoms with van der Waals surface area (Å²) in [6.07, 6.45) is 5.68. The topological polar surface area (TPSA) is 0 Å². The molecule has 0 bridgehead atoms. The maximum atomic E-state index is 12.2. The fourth-order valence-electron chi connectivity index (χ4n) is 5.00. The van der Waals surface area contributed by atoms with Crippen molar-refractivity contribution in [3.63, 3.8) is 0 Å². The number of halogens is 3. The maximum absolute atomic E-state index is 12.2. The van der Waals surface area contributed by atoms with Gasteiger partial charge in [0, 0.05) is 0 Å². The number of hydrogen-bond donors (Lipinski definition) is 0. The van der Waals surface area contributed by atoms with Gasteiger partial charge in [-0.05, 0) is 10.8 Å². The van der Waals surface area contributed by atoms with Gasteiger partial charge < -0.3 is 24.8 Å². The van der Waals surface area contributed by atoms with Crippen molar-refractivity contribution in [2.24, 2.45) is 11.8 Å². The van der Waals surface area contributed by atoms with Crippen LogP contribution in [0.3, 0.4) is 0 Å². The third-order valence-corrected chi connectivity index (χ3v) is 8.22. The molecule has 0 nitrogen and oxygen atoms in total. The second-order valence-electron chi connectivity index (χ2n) is 13.3. The van der Waals surface area contributed by atoms with Crippen molar-refractivity contribution in [2.45, 2.75) is 80.1 Å². The van der Waals surface area contributed by atoms with E-state index in [1.54, 1.807) is 12.1 Å². The summed E-state index contributed by atoms with van der Waals surface area (Å²) in [4.78, 5) is 0. The van der Waals surface area contributed by atoms with Gasteiger partial charge >= 0.3 is 68.0 Å². The molecule has 0 N–H and O–H groups in total. The van der Waals surface area contributed by atoms with E-state index in [4.69, 9.17) is 0 Å². The van der Waals surface area contributed by atoms with Crippen molar-refractivity contribution in [3.05, 3.63) is 113 Å². The monoisotopic (exact) mass is 680 g/mol. The SMILES string of the molecule is CC(C)(C)c1ccc2c(c1)[cH-]c1cc(C(C)(C)C)ccc12.CC1=[C-]C(C)C=C1C(C)C.Fc1ccc([CH]=[Zr+2])cc1.[Cl-].[Cl-]. The average Bonchev–Trinajstić information content (AvgIpc) is 3.42. The molecule has 0 saturated carbocycles. The van der Waals surface area contributed by atoms with Crippen LogP contribution in [0.25, 0.3) is 21.5 Å². The van der Waals surface area contributed by atoms with E-state index in [1.165, 1.54) is 80.2 Å². The molecule has 224 valence electrons. The second-order valence-corrected chi connectivity index (χ2v) is 14.0. The summed E-state index contributed by atoms with van der Waals surface area (Å²) in [5.41, 5.74) is 7.13. The Morgan fingerprint density at radius 3 is 1.57 bits per heavy atom. The van der Waals surface area contributed by atoms with Crippen molar-refractivity contribution >= 4 is 25.3 Å². The Morgan fingerprint density at radius 1 is 0.810 bits per heavy atom. The summed E-state index contributed by atoms with van der Waals surface area (Å²) >= 11 is 1.34. The van der Waals surface area contributed by atoms with Crippen molar-refractivity contribution < 1.29 is 53.4 Å². The molecule has 4 aromatic rings. The van der Waals surface area contributed by atoms with E-state index >= 15 is 0 Å². The van der Waals surface area contributed by atoms with Gasteiger partial charge in [-0.2, -0.15) is 11.6 Å². The molecule has 0 saturated heterocycles. The standard InChI is InChI=1S/C21H25.C10H15.C7H5F.2ClH.Zr/c1-20(2,3)16-7-9-18-14(12-16)11-15-13-17(21(4,5)6)8-10-19(15)18;1-7(2)10-6-8(3)5-9(10)4;1-6-2-4-7(8)5-3-6;;;/h7-13H,1-6H3;6-8H,1-4H3;1-5H;2*1H;/q2*-1;;;;+2/p-2. The zero-order valence-electron chi connectivity index (χ0n) is 26.8. The predicted molar refractivity (Wildman–Crippen MR) is 171 cm³/mol. The zero-order valence-corrected chi connectivity index (χ0v) is 30.8. The fourth-order valence-corrected chi connectivity index (χ4v) is 5.47. The van der Waals surface area contributed by atoms with Gasteiger partial charge in [0.25, 0.3) is 0 Å². The van der Waals surface area contributed by atoms with Crippen LogP contribution in [-0.4, -0.2) is 3.71 Å². The molecule has 0 amide bonds. The van der Waals surface area contributed by atoms with Crippen LogP contribution < -0.4 is 24.8 Å². The summed E-state index contributed by atoms with van der Waals surface area (Å²) < 4.78 is 14.2. The Labute approximate surface area is 281 Å². The maximum Gasteiger partial charge on any atom is -1.00 e. The van der Waals surface area contributed by atoms with Gasteiger partial charge in [-0.15, -0.1) is 39.7 Å². The Hall–Kier alpha value is -1.73. The molecular formula is C38H45Cl2FZr-2. The number of hydrogen-bond acceptors (Lipinski definition) is 0. The molecule has 0 fully saturated rings. The summed E-state index contributed by atoms with van der Waals surface area (Å²) in [7, 11) is 0. The minimum atomic E-state index is -0.170. The van der Waals surface area contributed by atoms with E-state index in [0.717, 1.165) is 5.56 Å². The molecule has 0 aliphatic heterocycles. The van der Waals surface area contributed by atoms with E-state index in [9.17, 15) is 4.39 Å². The van der Waals surface area contributed by atoms with Gasteiger partial charge in [0.2, 0.25) is 0 Å².